The summed E-state index contributed by atoms with van der Waals surface area (Å²) in [4.78, 5) is 14.1. The average Bonchev–Trinajstić information content (AvgIpc) is 2.43. The fourth-order valence-electron chi connectivity index (χ4n) is 1.77. The number of nitrogens with two attached hydrogens (primary N) is 1. The normalized spacial score (nSPS) is 10.5. The lowest BCUT2D eigenvalue weighted by atomic mass is 10.2. The van der Waals surface area contributed by atoms with Crippen LogP contribution in [0.4, 0.5) is 5.69 Å². The van der Waals surface area contributed by atoms with Gasteiger partial charge in [0.2, 0.25) is 0 Å². The highest BCUT2D eigenvalue weighted by Crippen LogP contribution is 2.21. The molecule has 106 valence electrons. The number of benzene rings is 1. The van der Waals surface area contributed by atoms with Gasteiger partial charge in [0.1, 0.15) is 17.9 Å². The summed E-state index contributed by atoms with van der Waals surface area (Å²) in [5, 5.41) is 0. The number of anilines is 1. The number of nitrogens with zero attached hydrogens (tertiary/aromatic N) is 1. The van der Waals surface area contributed by atoms with Gasteiger partial charge in [-0.25, -0.2) is 4.79 Å². The molecular formula is C14H22N2O3. The standard InChI is InChI=1S/C14H22N2O3/c1-4-16(5-2)8-9-19-14(17)12-10-11(15)6-7-13(12)18-3/h6-7,10H,4-5,8-9,15H2,1-3H3. The van der Waals surface area contributed by atoms with Crippen LogP contribution in [0.3, 0.4) is 0 Å². The van der Waals surface area contributed by atoms with Crippen LogP contribution in [-0.4, -0.2) is 44.2 Å². The molecule has 0 saturated heterocycles. The van der Waals surface area contributed by atoms with Gasteiger partial charge in [0.15, 0.2) is 0 Å². The minimum atomic E-state index is -0.406. The number of carbonyl (C=O) groups excluding carboxylic acids is 1. The van der Waals surface area contributed by atoms with Gasteiger partial charge in [-0.15, -0.1) is 0 Å². The highest BCUT2D eigenvalue weighted by molar-refractivity contribution is 5.93. The van der Waals surface area contributed by atoms with Crippen LogP contribution in [-0.2, 0) is 4.74 Å². The van der Waals surface area contributed by atoms with E-state index >= 15 is 0 Å². The first-order valence-electron chi connectivity index (χ1n) is 6.45. The van der Waals surface area contributed by atoms with Gasteiger partial charge in [-0.3, -0.25) is 0 Å². The summed E-state index contributed by atoms with van der Waals surface area (Å²) in [6, 6.07) is 4.92. The number of likely N-dealkylation sites (N-methyl/N-ethyl adjacent to an activating group) is 1. The Bertz CT molecular complexity index is 417. The molecule has 0 aliphatic heterocycles. The largest absolute Gasteiger partial charge is 0.496 e. The van der Waals surface area contributed by atoms with Gasteiger partial charge in [-0.2, -0.15) is 0 Å². The highest BCUT2D eigenvalue weighted by Gasteiger charge is 2.14. The van der Waals surface area contributed by atoms with Crippen LogP contribution in [0.5, 0.6) is 5.75 Å². The van der Waals surface area contributed by atoms with E-state index in [9.17, 15) is 4.79 Å². The molecule has 2 N–H and O–H groups in total. The minimum Gasteiger partial charge on any atom is -0.496 e. The van der Waals surface area contributed by atoms with Crippen molar-refractivity contribution >= 4 is 11.7 Å². The summed E-state index contributed by atoms with van der Waals surface area (Å²) in [7, 11) is 1.51. The minimum absolute atomic E-state index is 0.360. The predicted octanol–water partition coefficient (Wildman–Crippen LogP) is 1.78. The molecule has 0 amide bonds. The Morgan fingerprint density at radius 2 is 2.00 bits per heavy atom. The second kappa shape index (κ2) is 7.63. The number of rotatable bonds is 7. The third kappa shape index (κ3) is 4.44. The number of nitrogen functional groups attached to an aromatic ring is 1. The van der Waals surface area contributed by atoms with E-state index in [1.54, 1.807) is 18.2 Å². The molecule has 0 fully saturated rings. The first-order valence-corrected chi connectivity index (χ1v) is 6.45. The van der Waals surface area contributed by atoms with E-state index in [1.807, 2.05) is 0 Å². The zero-order chi connectivity index (χ0) is 14.3. The third-order valence-corrected chi connectivity index (χ3v) is 2.98. The van der Waals surface area contributed by atoms with Crippen LogP contribution >= 0.6 is 0 Å². The molecule has 19 heavy (non-hydrogen) atoms. The summed E-state index contributed by atoms with van der Waals surface area (Å²) >= 11 is 0. The molecule has 0 unspecified atom stereocenters. The lowest BCUT2D eigenvalue weighted by Crippen LogP contribution is -2.28. The summed E-state index contributed by atoms with van der Waals surface area (Å²) in [5.41, 5.74) is 6.54. The molecule has 0 aromatic heterocycles. The number of esters is 1. The summed E-state index contributed by atoms with van der Waals surface area (Å²) < 4.78 is 10.4. The zero-order valence-electron chi connectivity index (χ0n) is 11.8. The Morgan fingerprint density at radius 1 is 1.32 bits per heavy atom. The van der Waals surface area contributed by atoms with Gasteiger partial charge in [-0.05, 0) is 31.3 Å². The Kier molecular flexibility index (Phi) is 6.15. The van der Waals surface area contributed by atoms with Gasteiger partial charge in [-0.1, -0.05) is 13.8 Å². The monoisotopic (exact) mass is 266 g/mol. The summed E-state index contributed by atoms with van der Waals surface area (Å²) in [5.74, 6) is 0.0679. The van der Waals surface area contributed by atoms with E-state index in [0.29, 0.717) is 23.6 Å². The van der Waals surface area contributed by atoms with Gasteiger partial charge in [0.05, 0.1) is 7.11 Å². The average molecular weight is 266 g/mol. The number of hydrogen-bond donors (Lipinski definition) is 1. The molecule has 1 aromatic carbocycles. The molecule has 0 radical (unpaired) electrons. The molecule has 5 nitrogen and oxygen atoms in total. The highest BCUT2D eigenvalue weighted by atomic mass is 16.5. The summed E-state index contributed by atoms with van der Waals surface area (Å²) in [6.07, 6.45) is 0. The Balaban J connectivity index is 2.60. The second-order valence-corrected chi connectivity index (χ2v) is 4.12. The first kappa shape index (κ1) is 15.3. The lowest BCUT2D eigenvalue weighted by molar-refractivity contribution is 0.0463. The van der Waals surface area contributed by atoms with Crippen LogP contribution in [0.2, 0.25) is 0 Å². The SMILES string of the molecule is CCN(CC)CCOC(=O)c1cc(N)ccc1OC. The molecule has 1 aromatic rings. The van der Waals surface area contributed by atoms with E-state index in [-0.39, 0.29) is 0 Å². The van der Waals surface area contributed by atoms with Gasteiger partial charge in [0.25, 0.3) is 0 Å². The predicted molar refractivity (Wildman–Crippen MR) is 75.5 cm³/mol. The van der Waals surface area contributed by atoms with Crippen molar-refractivity contribution in [3.8, 4) is 5.75 Å². The molecule has 0 saturated carbocycles. The molecule has 1 rings (SSSR count). The van der Waals surface area contributed by atoms with Crippen LogP contribution in [0.25, 0.3) is 0 Å². The fraction of sp³-hybridized carbons (Fsp3) is 0.500. The molecule has 0 aliphatic carbocycles. The maximum atomic E-state index is 12.0. The lowest BCUT2D eigenvalue weighted by Gasteiger charge is -2.17. The van der Waals surface area contributed by atoms with E-state index < -0.39 is 5.97 Å². The van der Waals surface area contributed by atoms with Crippen molar-refractivity contribution in [2.45, 2.75) is 13.8 Å². The van der Waals surface area contributed by atoms with Crippen LogP contribution in [0.1, 0.15) is 24.2 Å². The second-order valence-electron chi connectivity index (χ2n) is 4.12. The van der Waals surface area contributed by atoms with Crippen molar-refractivity contribution in [1.82, 2.24) is 4.90 Å². The van der Waals surface area contributed by atoms with E-state index in [4.69, 9.17) is 15.2 Å². The zero-order valence-corrected chi connectivity index (χ0v) is 11.8. The van der Waals surface area contributed by atoms with Crippen LogP contribution in [0.15, 0.2) is 18.2 Å². The molecule has 0 atom stereocenters. The maximum absolute atomic E-state index is 12.0. The maximum Gasteiger partial charge on any atom is 0.342 e. The molecular weight excluding hydrogens is 244 g/mol. The number of ether oxygens (including phenoxy) is 2. The van der Waals surface area contributed by atoms with Gasteiger partial charge >= 0.3 is 5.97 Å². The Labute approximate surface area is 114 Å². The fourth-order valence-corrected chi connectivity index (χ4v) is 1.77. The molecule has 0 heterocycles. The van der Waals surface area contributed by atoms with Gasteiger partial charge < -0.3 is 20.1 Å². The smallest absolute Gasteiger partial charge is 0.342 e. The van der Waals surface area contributed by atoms with Crippen molar-refractivity contribution in [2.75, 3.05) is 39.1 Å². The molecule has 0 spiro atoms. The van der Waals surface area contributed by atoms with Crippen LogP contribution < -0.4 is 10.5 Å². The van der Waals surface area contributed by atoms with Crippen molar-refractivity contribution in [3.05, 3.63) is 23.8 Å². The topological polar surface area (TPSA) is 64.8 Å². The van der Waals surface area contributed by atoms with E-state index in [0.717, 1.165) is 19.6 Å². The quantitative estimate of drug-likeness (QED) is 0.602. The molecule has 0 aliphatic rings. The van der Waals surface area contributed by atoms with E-state index in [1.165, 1.54) is 7.11 Å². The number of hydrogen-bond acceptors (Lipinski definition) is 5. The van der Waals surface area contributed by atoms with Crippen molar-refractivity contribution in [3.63, 3.8) is 0 Å². The number of carbonyl (C=O) groups is 1. The van der Waals surface area contributed by atoms with Crippen LogP contribution in [0, 0.1) is 0 Å². The third-order valence-electron chi connectivity index (χ3n) is 2.98. The summed E-state index contributed by atoms with van der Waals surface area (Å²) in [6.45, 7) is 7.12. The Morgan fingerprint density at radius 3 is 2.58 bits per heavy atom. The van der Waals surface area contributed by atoms with Gasteiger partial charge in [0, 0.05) is 12.2 Å². The number of methoxy groups -OCH3 is 1. The van der Waals surface area contributed by atoms with Crippen molar-refractivity contribution < 1.29 is 14.3 Å². The Hall–Kier alpha value is -1.75. The molecule has 5 heteroatoms. The molecule has 0 bridgehead atoms. The first-order chi connectivity index (χ1) is 9.12. The van der Waals surface area contributed by atoms with Crippen molar-refractivity contribution in [2.24, 2.45) is 0 Å². The van der Waals surface area contributed by atoms with Crippen molar-refractivity contribution in [1.29, 1.82) is 0 Å². The van der Waals surface area contributed by atoms with E-state index in [2.05, 4.69) is 18.7 Å².